The van der Waals surface area contributed by atoms with Gasteiger partial charge in [-0.25, -0.2) is 4.79 Å². The van der Waals surface area contributed by atoms with Crippen LogP contribution in [0.3, 0.4) is 0 Å². The Balaban J connectivity index is 1.40. The van der Waals surface area contributed by atoms with Crippen LogP contribution in [0.15, 0.2) is 47.1 Å². The number of ether oxygens (including phenoxy) is 1. The number of carbonyl (C=O) groups is 1. The second kappa shape index (κ2) is 8.35. The van der Waals surface area contributed by atoms with Crippen molar-refractivity contribution in [2.75, 3.05) is 31.6 Å². The molecule has 1 aromatic carbocycles. The number of pyridine rings is 1. The number of hydrogen-bond acceptors (Lipinski definition) is 6. The minimum atomic E-state index is -0.126. The van der Waals surface area contributed by atoms with Gasteiger partial charge in [0, 0.05) is 55.4 Å². The molecule has 2 aliphatic heterocycles. The van der Waals surface area contributed by atoms with E-state index < -0.39 is 0 Å². The first-order valence-electron chi connectivity index (χ1n) is 11.0. The van der Waals surface area contributed by atoms with Gasteiger partial charge in [-0.1, -0.05) is 12.1 Å². The van der Waals surface area contributed by atoms with Crippen LogP contribution in [-0.2, 0) is 4.74 Å². The Morgan fingerprint density at radius 3 is 2.69 bits per heavy atom. The zero-order valence-electron chi connectivity index (χ0n) is 18.4. The number of anilines is 1. The first-order chi connectivity index (χ1) is 15.6. The summed E-state index contributed by atoms with van der Waals surface area (Å²) in [7, 11) is 0. The maximum Gasteiger partial charge on any atom is 0.321 e. The van der Waals surface area contributed by atoms with Gasteiger partial charge in [0.15, 0.2) is 0 Å². The van der Waals surface area contributed by atoms with Gasteiger partial charge in [0.25, 0.3) is 0 Å². The Kier molecular flexibility index (Phi) is 5.38. The van der Waals surface area contributed by atoms with Crippen molar-refractivity contribution in [1.82, 2.24) is 20.1 Å². The molecule has 2 aliphatic rings. The number of benzene rings is 1. The van der Waals surface area contributed by atoms with E-state index in [9.17, 15) is 4.79 Å². The number of nitrogens with one attached hydrogen (secondary N) is 1. The predicted octanol–water partition coefficient (Wildman–Crippen LogP) is 4.18. The Morgan fingerprint density at radius 1 is 1.12 bits per heavy atom. The van der Waals surface area contributed by atoms with E-state index in [2.05, 4.69) is 20.5 Å². The number of hydrogen-bond donors (Lipinski definition) is 1. The van der Waals surface area contributed by atoms with E-state index in [4.69, 9.17) is 9.15 Å². The number of nitrogens with zero attached hydrogens (tertiary/aromatic N) is 4. The van der Waals surface area contributed by atoms with Gasteiger partial charge in [0.05, 0.1) is 5.92 Å². The molecule has 1 unspecified atom stereocenters. The summed E-state index contributed by atoms with van der Waals surface area (Å²) in [5.74, 6) is 1.03. The van der Waals surface area contributed by atoms with Crippen molar-refractivity contribution < 1.29 is 13.9 Å². The normalized spacial score (nSPS) is 19.9. The Hall–Kier alpha value is -3.26. The number of carbonyl (C=O) groups excluding carboxylic acids is 1. The average Bonchev–Trinajstić information content (AvgIpc) is 3.43. The highest BCUT2D eigenvalue weighted by atomic mass is 16.5. The fourth-order valence-electron chi connectivity index (χ4n) is 4.82. The Morgan fingerprint density at radius 2 is 1.91 bits per heavy atom. The lowest BCUT2D eigenvalue weighted by Gasteiger charge is -2.36. The smallest absolute Gasteiger partial charge is 0.321 e. The molecule has 5 rings (SSSR count). The van der Waals surface area contributed by atoms with Gasteiger partial charge in [-0.2, -0.15) is 0 Å². The van der Waals surface area contributed by atoms with E-state index >= 15 is 0 Å². The van der Waals surface area contributed by atoms with Crippen LogP contribution in [0, 0.1) is 19.3 Å². The molecule has 2 fully saturated rings. The van der Waals surface area contributed by atoms with E-state index in [1.807, 2.05) is 49.1 Å². The second-order valence-electron chi connectivity index (χ2n) is 8.77. The van der Waals surface area contributed by atoms with Gasteiger partial charge < -0.3 is 19.4 Å². The predicted molar refractivity (Wildman–Crippen MR) is 119 cm³/mol. The average molecular weight is 434 g/mol. The van der Waals surface area contributed by atoms with Crippen LogP contribution in [0.25, 0.3) is 11.5 Å². The van der Waals surface area contributed by atoms with Crippen molar-refractivity contribution in [2.45, 2.75) is 32.6 Å². The van der Waals surface area contributed by atoms with Gasteiger partial charge in [-0.05, 0) is 56.0 Å². The summed E-state index contributed by atoms with van der Waals surface area (Å²) in [6.07, 6.45) is 5.12. The fourth-order valence-corrected chi connectivity index (χ4v) is 4.82. The molecule has 1 N–H and O–H groups in total. The molecule has 1 atom stereocenters. The van der Waals surface area contributed by atoms with Crippen LogP contribution in [0.5, 0.6) is 0 Å². The quantitative estimate of drug-likeness (QED) is 0.666. The van der Waals surface area contributed by atoms with Crippen LogP contribution in [0.1, 0.15) is 35.8 Å². The molecule has 2 aromatic heterocycles. The fraction of sp³-hybridized carbons (Fsp3) is 0.417. The number of aromatic nitrogens is 3. The van der Waals surface area contributed by atoms with Crippen molar-refractivity contribution >= 4 is 11.7 Å². The van der Waals surface area contributed by atoms with E-state index in [1.54, 1.807) is 12.4 Å². The Labute approximate surface area is 187 Å². The molecule has 0 radical (unpaired) electrons. The number of likely N-dealkylation sites (tertiary alicyclic amines) is 1. The third-order valence-electron chi connectivity index (χ3n) is 6.94. The summed E-state index contributed by atoms with van der Waals surface area (Å²) in [5, 5.41) is 11.8. The molecule has 8 nitrogen and oxygen atoms in total. The summed E-state index contributed by atoms with van der Waals surface area (Å²) >= 11 is 0. The molecule has 2 saturated heterocycles. The molecule has 8 heteroatoms. The molecule has 4 heterocycles. The van der Waals surface area contributed by atoms with Crippen molar-refractivity contribution in [3.8, 4) is 11.5 Å². The van der Waals surface area contributed by atoms with Crippen molar-refractivity contribution in [3.05, 3.63) is 59.7 Å². The zero-order chi connectivity index (χ0) is 22.1. The van der Waals surface area contributed by atoms with Crippen LogP contribution >= 0.6 is 0 Å². The molecule has 0 bridgehead atoms. The maximum atomic E-state index is 13.2. The summed E-state index contributed by atoms with van der Waals surface area (Å²) < 4.78 is 11.8. The van der Waals surface area contributed by atoms with E-state index in [0.29, 0.717) is 38.1 Å². The standard InChI is InChI=1S/C24H27N5O3/c1-16-4-3-5-20(17(16)2)26-23(30)29-14-19(24(15-29)8-12-31-13-9-24)22-28-27-21(32-22)18-6-10-25-11-7-18/h3-7,10-11,19H,8-9,12-15H2,1-2H3,(H,26,30). The van der Waals surface area contributed by atoms with Crippen LogP contribution in [0.2, 0.25) is 0 Å². The SMILES string of the molecule is Cc1cccc(NC(=O)N2CC(c3nnc(-c4ccncc4)o3)C3(CCOCC3)C2)c1C. The van der Waals surface area contributed by atoms with Gasteiger partial charge in [-0.15, -0.1) is 10.2 Å². The highest BCUT2D eigenvalue weighted by Gasteiger charge is 2.51. The molecule has 0 aliphatic carbocycles. The molecular weight excluding hydrogens is 406 g/mol. The molecule has 1 spiro atoms. The van der Waals surface area contributed by atoms with E-state index in [-0.39, 0.29) is 17.4 Å². The lowest BCUT2D eigenvalue weighted by molar-refractivity contribution is 0.0104. The third-order valence-corrected chi connectivity index (χ3v) is 6.94. The van der Waals surface area contributed by atoms with Crippen molar-refractivity contribution in [1.29, 1.82) is 0 Å². The number of rotatable bonds is 3. The number of urea groups is 1. The first kappa shape index (κ1) is 20.6. The molecule has 3 aromatic rings. The van der Waals surface area contributed by atoms with Gasteiger partial charge in [0.2, 0.25) is 11.8 Å². The largest absolute Gasteiger partial charge is 0.420 e. The molecule has 2 amide bonds. The topological polar surface area (TPSA) is 93.4 Å². The van der Waals surface area contributed by atoms with E-state index in [0.717, 1.165) is 35.2 Å². The molecule has 0 saturated carbocycles. The summed E-state index contributed by atoms with van der Waals surface area (Å²) in [6, 6.07) is 9.55. The minimum absolute atomic E-state index is 0.0288. The molecule has 32 heavy (non-hydrogen) atoms. The highest BCUT2D eigenvalue weighted by Crippen LogP contribution is 2.49. The molecule has 166 valence electrons. The minimum Gasteiger partial charge on any atom is -0.420 e. The third kappa shape index (κ3) is 3.75. The van der Waals surface area contributed by atoms with Crippen LogP contribution in [-0.4, -0.2) is 52.4 Å². The monoisotopic (exact) mass is 433 g/mol. The Bertz CT molecular complexity index is 1110. The molecular formula is C24H27N5O3. The van der Waals surface area contributed by atoms with Crippen LogP contribution in [0.4, 0.5) is 10.5 Å². The maximum absolute atomic E-state index is 13.2. The van der Waals surface area contributed by atoms with Gasteiger partial charge in [-0.3, -0.25) is 4.98 Å². The van der Waals surface area contributed by atoms with Gasteiger partial charge >= 0.3 is 6.03 Å². The number of amides is 2. The number of aryl methyl sites for hydroxylation is 1. The lowest BCUT2D eigenvalue weighted by Crippen LogP contribution is -2.38. The van der Waals surface area contributed by atoms with Crippen LogP contribution < -0.4 is 5.32 Å². The van der Waals surface area contributed by atoms with Gasteiger partial charge in [0.1, 0.15) is 0 Å². The summed E-state index contributed by atoms with van der Waals surface area (Å²) in [5.41, 5.74) is 3.78. The van der Waals surface area contributed by atoms with Crippen molar-refractivity contribution in [2.24, 2.45) is 5.41 Å². The highest BCUT2D eigenvalue weighted by molar-refractivity contribution is 5.90. The van der Waals surface area contributed by atoms with Crippen molar-refractivity contribution in [3.63, 3.8) is 0 Å². The zero-order valence-corrected chi connectivity index (χ0v) is 18.4. The lowest BCUT2D eigenvalue weighted by atomic mass is 9.72. The van der Waals surface area contributed by atoms with E-state index in [1.165, 1.54) is 0 Å². The second-order valence-corrected chi connectivity index (χ2v) is 8.77. The first-order valence-corrected chi connectivity index (χ1v) is 11.0. The summed E-state index contributed by atoms with van der Waals surface area (Å²) in [4.78, 5) is 19.1. The summed E-state index contributed by atoms with van der Waals surface area (Å²) in [6.45, 7) is 6.60.